The third-order valence-electron chi connectivity index (χ3n) is 3.95. The van der Waals surface area contributed by atoms with Gasteiger partial charge >= 0.3 is 0 Å². The third-order valence-corrected chi connectivity index (χ3v) is 3.95. The van der Waals surface area contributed by atoms with E-state index < -0.39 is 0 Å². The number of amides is 1. The number of benzene rings is 2. The van der Waals surface area contributed by atoms with Crippen LogP contribution in [0.15, 0.2) is 66.9 Å². The number of ether oxygens (including phenoxy) is 1. The van der Waals surface area contributed by atoms with E-state index in [0.29, 0.717) is 30.0 Å². The number of nitrogens with one attached hydrogen (secondary N) is 2. The Morgan fingerprint density at radius 1 is 1.11 bits per heavy atom. The van der Waals surface area contributed by atoms with Crippen molar-refractivity contribution >= 4 is 17.4 Å². The summed E-state index contributed by atoms with van der Waals surface area (Å²) in [5, 5.41) is 5.88. The molecule has 5 nitrogen and oxygen atoms in total. The number of anilines is 2. The van der Waals surface area contributed by atoms with E-state index in [1.54, 1.807) is 37.6 Å². The zero-order valence-corrected chi connectivity index (χ0v) is 14.9. The van der Waals surface area contributed by atoms with Crippen LogP contribution in [0.3, 0.4) is 0 Å². The van der Waals surface area contributed by atoms with Gasteiger partial charge in [-0.25, -0.2) is 9.37 Å². The third kappa shape index (κ3) is 5.28. The Morgan fingerprint density at radius 3 is 2.78 bits per heavy atom. The minimum atomic E-state index is -0.341. The van der Waals surface area contributed by atoms with Gasteiger partial charge in [0, 0.05) is 24.0 Å². The van der Waals surface area contributed by atoms with Gasteiger partial charge in [-0.1, -0.05) is 18.2 Å². The lowest BCUT2D eigenvalue weighted by molar-refractivity contribution is 0.0954. The van der Waals surface area contributed by atoms with Gasteiger partial charge in [0.1, 0.15) is 17.4 Å². The average molecular weight is 365 g/mol. The van der Waals surface area contributed by atoms with Gasteiger partial charge in [-0.15, -0.1) is 0 Å². The van der Waals surface area contributed by atoms with Crippen molar-refractivity contribution in [3.63, 3.8) is 0 Å². The van der Waals surface area contributed by atoms with Crippen molar-refractivity contribution in [1.29, 1.82) is 0 Å². The fourth-order valence-corrected chi connectivity index (χ4v) is 2.60. The number of nitrogens with zero attached hydrogens (tertiary/aromatic N) is 1. The number of pyridine rings is 1. The lowest BCUT2D eigenvalue weighted by Crippen LogP contribution is -2.25. The second-order valence-corrected chi connectivity index (χ2v) is 5.92. The average Bonchev–Trinajstić information content (AvgIpc) is 2.68. The number of aromatic nitrogens is 1. The van der Waals surface area contributed by atoms with Gasteiger partial charge < -0.3 is 15.4 Å². The molecule has 0 radical (unpaired) electrons. The van der Waals surface area contributed by atoms with Gasteiger partial charge in [0.2, 0.25) is 0 Å². The van der Waals surface area contributed by atoms with Gasteiger partial charge in [0.25, 0.3) is 5.91 Å². The molecule has 0 aliphatic carbocycles. The number of carbonyl (C=O) groups excluding carboxylic acids is 1. The van der Waals surface area contributed by atoms with Crippen LogP contribution in [-0.4, -0.2) is 24.5 Å². The molecule has 0 saturated heterocycles. The maximum atomic E-state index is 13.3. The van der Waals surface area contributed by atoms with Crippen LogP contribution in [0, 0.1) is 5.82 Å². The molecule has 2 aromatic carbocycles. The molecule has 27 heavy (non-hydrogen) atoms. The summed E-state index contributed by atoms with van der Waals surface area (Å²) in [7, 11) is 1.62. The highest BCUT2D eigenvalue weighted by atomic mass is 19.1. The summed E-state index contributed by atoms with van der Waals surface area (Å²) >= 11 is 0. The highest BCUT2D eigenvalue weighted by Crippen LogP contribution is 2.16. The molecule has 2 N–H and O–H groups in total. The monoisotopic (exact) mass is 365 g/mol. The molecular formula is C21H20FN3O2. The maximum Gasteiger partial charge on any atom is 0.251 e. The smallest absolute Gasteiger partial charge is 0.251 e. The van der Waals surface area contributed by atoms with Crippen molar-refractivity contribution in [2.75, 3.05) is 19.0 Å². The van der Waals surface area contributed by atoms with Crippen molar-refractivity contribution in [3.05, 3.63) is 83.8 Å². The van der Waals surface area contributed by atoms with E-state index in [0.717, 1.165) is 11.3 Å². The van der Waals surface area contributed by atoms with Crippen LogP contribution in [0.2, 0.25) is 0 Å². The Hall–Kier alpha value is -3.41. The largest absolute Gasteiger partial charge is 0.497 e. The Kier molecular flexibility index (Phi) is 5.99. The summed E-state index contributed by atoms with van der Waals surface area (Å²) in [5.74, 6) is 0.732. The van der Waals surface area contributed by atoms with Crippen LogP contribution in [0.4, 0.5) is 15.9 Å². The second-order valence-electron chi connectivity index (χ2n) is 5.92. The van der Waals surface area contributed by atoms with E-state index >= 15 is 0 Å². The van der Waals surface area contributed by atoms with Gasteiger partial charge in [0.05, 0.1) is 7.11 Å². The number of halogens is 1. The van der Waals surface area contributed by atoms with Crippen molar-refractivity contribution < 1.29 is 13.9 Å². The summed E-state index contributed by atoms with van der Waals surface area (Å²) < 4.78 is 18.5. The predicted octanol–water partition coefficient (Wildman–Crippen LogP) is 3.95. The Bertz CT molecular complexity index is 931. The molecule has 0 aliphatic heterocycles. The molecule has 0 aliphatic rings. The molecule has 3 aromatic rings. The number of rotatable bonds is 7. The van der Waals surface area contributed by atoms with E-state index in [1.807, 2.05) is 24.3 Å². The normalized spacial score (nSPS) is 10.3. The molecule has 0 spiro atoms. The summed E-state index contributed by atoms with van der Waals surface area (Å²) in [6.45, 7) is 0.501. The van der Waals surface area contributed by atoms with Gasteiger partial charge in [-0.2, -0.15) is 0 Å². The lowest BCUT2D eigenvalue weighted by atomic mass is 10.1. The first-order chi connectivity index (χ1) is 13.1. The molecule has 0 atom stereocenters. The number of hydrogen-bond donors (Lipinski definition) is 2. The van der Waals surface area contributed by atoms with E-state index in [9.17, 15) is 9.18 Å². The Labute approximate surface area is 157 Å². The SMILES string of the molecule is COc1cccc(CCNC(=O)c2ccnc(Nc3cccc(F)c3)c2)c1. The zero-order valence-electron chi connectivity index (χ0n) is 14.9. The molecule has 6 heteroatoms. The molecule has 1 amide bonds. The quantitative estimate of drug-likeness (QED) is 0.666. The van der Waals surface area contributed by atoms with Crippen LogP contribution in [0.1, 0.15) is 15.9 Å². The Balaban J connectivity index is 1.58. The molecular weight excluding hydrogens is 345 g/mol. The molecule has 0 unspecified atom stereocenters. The van der Waals surface area contributed by atoms with Crippen molar-refractivity contribution in [1.82, 2.24) is 10.3 Å². The summed E-state index contributed by atoms with van der Waals surface area (Å²) in [4.78, 5) is 16.5. The standard InChI is InChI=1S/C21H20FN3O2/c1-27-19-7-2-4-15(12-19)8-10-24-21(26)16-9-11-23-20(13-16)25-18-6-3-5-17(22)14-18/h2-7,9,11-14H,8,10H2,1H3,(H,23,25)(H,24,26). The molecule has 1 heterocycles. The summed E-state index contributed by atoms with van der Waals surface area (Å²) in [5.41, 5.74) is 2.13. The molecule has 138 valence electrons. The molecule has 0 saturated carbocycles. The van der Waals surface area contributed by atoms with E-state index in [2.05, 4.69) is 15.6 Å². The first kappa shape index (κ1) is 18.4. The van der Waals surface area contributed by atoms with E-state index in [1.165, 1.54) is 12.1 Å². The number of methoxy groups -OCH3 is 1. The molecule has 1 aromatic heterocycles. The first-order valence-corrected chi connectivity index (χ1v) is 8.54. The summed E-state index contributed by atoms with van der Waals surface area (Å²) in [6, 6.07) is 17.1. The van der Waals surface area contributed by atoms with Crippen molar-refractivity contribution in [2.24, 2.45) is 0 Å². The molecule has 0 fully saturated rings. The van der Waals surface area contributed by atoms with E-state index in [-0.39, 0.29) is 11.7 Å². The van der Waals surface area contributed by atoms with Crippen molar-refractivity contribution in [2.45, 2.75) is 6.42 Å². The molecule has 0 bridgehead atoms. The van der Waals surface area contributed by atoms with Crippen LogP contribution in [0.5, 0.6) is 5.75 Å². The number of hydrogen-bond acceptors (Lipinski definition) is 4. The van der Waals surface area contributed by atoms with Crippen LogP contribution in [-0.2, 0) is 6.42 Å². The Morgan fingerprint density at radius 2 is 1.96 bits per heavy atom. The highest BCUT2D eigenvalue weighted by Gasteiger charge is 2.07. The van der Waals surface area contributed by atoms with Crippen LogP contribution >= 0.6 is 0 Å². The van der Waals surface area contributed by atoms with E-state index in [4.69, 9.17) is 4.74 Å². The number of carbonyl (C=O) groups is 1. The van der Waals surface area contributed by atoms with Gasteiger partial charge in [-0.05, 0) is 54.4 Å². The predicted molar refractivity (Wildman–Crippen MR) is 103 cm³/mol. The van der Waals surface area contributed by atoms with Crippen molar-refractivity contribution in [3.8, 4) is 5.75 Å². The zero-order chi connectivity index (χ0) is 19.1. The maximum absolute atomic E-state index is 13.3. The van der Waals surface area contributed by atoms with Gasteiger partial charge in [-0.3, -0.25) is 4.79 Å². The topological polar surface area (TPSA) is 63.2 Å². The minimum Gasteiger partial charge on any atom is -0.497 e. The summed E-state index contributed by atoms with van der Waals surface area (Å²) in [6.07, 6.45) is 2.24. The fourth-order valence-electron chi connectivity index (χ4n) is 2.60. The first-order valence-electron chi connectivity index (χ1n) is 8.54. The minimum absolute atomic E-state index is 0.192. The van der Waals surface area contributed by atoms with Crippen LogP contribution in [0.25, 0.3) is 0 Å². The fraction of sp³-hybridized carbons (Fsp3) is 0.143. The molecule has 3 rings (SSSR count). The lowest BCUT2D eigenvalue weighted by Gasteiger charge is -2.09. The van der Waals surface area contributed by atoms with Crippen LogP contribution < -0.4 is 15.4 Å². The highest BCUT2D eigenvalue weighted by molar-refractivity contribution is 5.94. The second kappa shape index (κ2) is 8.80. The van der Waals surface area contributed by atoms with Gasteiger partial charge in [0.15, 0.2) is 0 Å².